The summed E-state index contributed by atoms with van der Waals surface area (Å²) in [5.74, 6) is -0.985. The maximum atomic E-state index is 13.1. The van der Waals surface area contributed by atoms with Gasteiger partial charge in [0, 0.05) is 13.6 Å². The van der Waals surface area contributed by atoms with Crippen molar-refractivity contribution in [1.82, 2.24) is 9.55 Å². The van der Waals surface area contributed by atoms with Gasteiger partial charge in [0.25, 0.3) is 0 Å². The summed E-state index contributed by atoms with van der Waals surface area (Å²) in [6.45, 7) is 0.383. The van der Waals surface area contributed by atoms with Crippen LogP contribution in [0.25, 0.3) is 11.0 Å². The molecular formula is C15H13F2N3. The van der Waals surface area contributed by atoms with Gasteiger partial charge >= 0.3 is 0 Å². The van der Waals surface area contributed by atoms with Gasteiger partial charge in [-0.25, -0.2) is 13.8 Å². The minimum absolute atomic E-state index is 0.383. The first-order valence-electron chi connectivity index (χ1n) is 6.24. The summed E-state index contributed by atoms with van der Waals surface area (Å²) in [7, 11) is 1.91. The third kappa shape index (κ3) is 2.22. The Bertz CT molecular complexity index is 765. The van der Waals surface area contributed by atoms with Crippen molar-refractivity contribution in [2.45, 2.75) is 6.54 Å². The molecule has 0 fully saturated rings. The second-order valence-corrected chi connectivity index (χ2v) is 4.59. The first kappa shape index (κ1) is 12.6. The maximum absolute atomic E-state index is 13.1. The summed E-state index contributed by atoms with van der Waals surface area (Å²) in [5.41, 5.74) is 2.57. The number of aromatic nitrogens is 2. The van der Waals surface area contributed by atoms with Crippen LogP contribution in [0.2, 0.25) is 0 Å². The van der Waals surface area contributed by atoms with E-state index in [1.807, 2.05) is 35.9 Å². The number of aryl methyl sites for hydroxylation is 1. The summed E-state index contributed by atoms with van der Waals surface area (Å²) < 4.78 is 27.9. The number of nitrogens with one attached hydrogen (secondary N) is 1. The van der Waals surface area contributed by atoms with E-state index in [0.717, 1.165) is 17.1 Å². The van der Waals surface area contributed by atoms with Gasteiger partial charge in [-0.3, -0.25) is 0 Å². The molecule has 0 aliphatic heterocycles. The number of fused-ring (bicyclic) bond motifs is 1. The monoisotopic (exact) mass is 273 g/mol. The van der Waals surface area contributed by atoms with E-state index in [2.05, 4.69) is 10.3 Å². The Kier molecular flexibility index (Phi) is 3.10. The van der Waals surface area contributed by atoms with Gasteiger partial charge in [-0.1, -0.05) is 18.2 Å². The molecule has 0 unspecified atom stereocenters. The van der Waals surface area contributed by atoms with Gasteiger partial charge in [0.05, 0.1) is 11.0 Å². The summed E-state index contributed by atoms with van der Waals surface area (Å²) >= 11 is 0. The third-order valence-electron chi connectivity index (χ3n) is 3.22. The predicted octanol–water partition coefficient (Wildman–Crippen LogP) is 3.46. The van der Waals surface area contributed by atoms with Crippen molar-refractivity contribution in [2.24, 2.45) is 7.05 Å². The van der Waals surface area contributed by atoms with Crippen molar-refractivity contribution >= 4 is 17.0 Å². The minimum atomic E-state index is -0.839. The second-order valence-electron chi connectivity index (χ2n) is 4.59. The molecule has 0 amide bonds. The van der Waals surface area contributed by atoms with Gasteiger partial charge in [-0.05, 0) is 29.8 Å². The third-order valence-corrected chi connectivity index (χ3v) is 3.22. The van der Waals surface area contributed by atoms with Crippen LogP contribution >= 0.6 is 0 Å². The standard InChI is InChI=1S/C15H13F2N3/c1-20-14-5-3-2-4-13(14)19-15(20)18-9-10-6-7-11(16)12(17)8-10/h2-8H,9H2,1H3,(H,18,19). The molecule has 0 saturated heterocycles. The van der Waals surface area contributed by atoms with Gasteiger partial charge in [0.15, 0.2) is 11.6 Å². The molecule has 20 heavy (non-hydrogen) atoms. The van der Waals surface area contributed by atoms with Gasteiger partial charge in [-0.15, -0.1) is 0 Å². The highest BCUT2D eigenvalue weighted by molar-refractivity contribution is 5.78. The quantitative estimate of drug-likeness (QED) is 0.792. The fourth-order valence-electron chi connectivity index (χ4n) is 2.13. The van der Waals surface area contributed by atoms with E-state index in [-0.39, 0.29) is 0 Å². The highest BCUT2D eigenvalue weighted by Crippen LogP contribution is 2.18. The molecule has 0 aliphatic carbocycles. The van der Waals surface area contributed by atoms with Crippen molar-refractivity contribution in [3.05, 3.63) is 59.7 Å². The van der Waals surface area contributed by atoms with Crippen LogP contribution in [0.1, 0.15) is 5.56 Å². The molecular weight excluding hydrogens is 260 g/mol. The fourth-order valence-corrected chi connectivity index (χ4v) is 2.13. The first-order valence-corrected chi connectivity index (χ1v) is 6.24. The Balaban J connectivity index is 1.83. The van der Waals surface area contributed by atoms with Crippen LogP contribution in [-0.2, 0) is 13.6 Å². The molecule has 1 heterocycles. The van der Waals surface area contributed by atoms with Crippen LogP contribution in [0, 0.1) is 11.6 Å². The smallest absolute Gasteiger partial charge is 0.203 e. The Labute approximate surface area is 114 Å². The zero-order valence-corrected chi connectivity index (χ0v) is 10.9. The lowest BCUT2D eigenvalue weighted by Gasteiger charge is -2.06. The molecule has 0 saturated carbocycles. The van der Waals surface area contributed by atoms with Crippen molar-refractivity contribution in [3.8, 4) is 0 Å². The lowest BCUT2D eigenvalue weighted by molar-refractivity contribution is 0.507. The lowest BCUT2D eigenvalue weighted by Crippen LogP contribution is -2.05. The predicted molar refractivity (Wildman–Crippen MR) is 74.4 cm³/mol. The normalized spacial score (nSPS) is 10.9. The summed E-state index contributed by atoms with van der Waals surface area (Å²) in [4.78, 5) is 4.45. The second kappa shape index (κ2) is 4.92. The van der Waals surface area contributed by atoms with Gasteiger partial charge in [-0.2, -0.15) is 0 Å². The topological polar surface area (TPSA) is 29.9 Å². The van der Waals surface area contributed by atoms with Crippen LogP contribution < -0.4 is 5.32 Å². The van der Waals surface area contributed by atoms with E-state index in [1.165, 1.54) is 6.07 Å². The molecule has 0 atom stereocenters. The highest BCUT2D eigenvalue weighted by Gasteiger charge is 2.07. The number of hydrogen-bond acceptors (Lipinski definition) is 2. The SMILES string of the molecule is Cn1c(NCc2ccc(F)c(F)c2)nc2ccccc21. The molecule has 3 rings (SSSR count). The van der Waals surface area contributed by atoms with Gasteiger partial charge < -0.3 is 9.88 Å². The van der Waals surface area contributed by atoms with Crippen LogP contribution in [0.15, 0.2) is 42.5 Å². The average Bonchev–Trinajstić information content (AvgIpc) is 2.77. The van der Waals surface area contributed by atoms with E-state index in [0.29, 0.717) is 18.1 Å². The minimum Gasteiger partial charge on any atom is -0.352 e. The Morgan fingerprint density at radius 3 is 2.65 bits per heavy atom. The number of nitrogens with zero attached hydrogens (tertiary/aromatic N) is 2. The fraction of sp³-hybridized carbons (Fsp3) is 0.133. The lowest BCUT2D eigenvalue weighted by atomic mass is 10.2. The summed E-state index contributed by atoms with van der Waals surface area (Å²) in [6, 6.07) is 11.6. The summed E-state index contributed by atoms with van der Waals surface area (Å²) in [6.07, 6.45) is 0. The van der Waals surface area contributed by atoms with Crippen molar-refractivity contribution in [2.75, 3.05) is 5.32 Å². The van der Waals surface area contributed by atoms with Crippen molar-refractivity contribution in [1.29, 1.82) is 0 Å². The van der Waals surface area contributed by atoms with Gasteiger partial charge in [0.1, 0.15) is 0 Å². The molecule has 2 aromatic carbocycles. The van der Waals surface area contributed by atoms with Crippen LogP contribution in [0.3, 0.4) is 0 Å². The largest absolute Gasteiger partial charge is 0.352 e. The number of rotatable bonds is 3. The van der Waals surface area contributed by atoms with Crippen LogP contribution in [0.4, 0.5) is 14.7 Å². The summed E-state index contributed by atoms with van der Waals surface area (Å²) in [5, 5.41) is 3.13. The molecule has 0 radical (unpaired) electrons. The molecule has 102 valence electrons. The van der Waals surface area contributed by atoms with E-state index >= 15 is 0 Å². The van der Waals surface area contributed by atoms with E-state index in [9.17, 15) is 8.78 Å². The molecule has 1 aromatic heterocycles. The number of hydrogen-bond donors (Lipinski definition) is 1. The Morgan fingerprint density at radius 2 is 1.90 bits per heavy atom. The first-order chi connectivity index (χ1) is 9.65. The van der Waals surface area contributed by atoms with Crippen molar-refractivity contribution in [3.63, 3.8) is 0 Å². The molecule has 1 N–H and O–H groups in total. The molecule has 0 spiro atoms. The zero-order valence-electron chi connectivity index (χ0n) is 10.9. The van der Waals surface area contributed by atoms with Crippen LogP contribution in [-0.4, -0.2) is 9.55 Å². The number of imidazole rings is 1. The Hall–Kier alpha value is -2.43. The number of anilines is 1. The molecule has 3 aromatic rings. The van der Waals surface area contributed by atoms with Crippen molar-refractivity contribution < 1.29 is 8.78 Å². The van der Waals surface area contributed by atoms with Gasteiger partial charge in [0.2, 0.25) is 5.95 Å². The highest BCUT2D eigenvalue weighted by atomic mass is 19.2. The van der Waals surface area contributed by atoms with Crippen LogP contribution in [0.5, 0.6) is 0 Å². The van der Waals surface area contributed by atoms with E-state index in [4.69, 9.17) is 0 Å². The zero-order chi connectivity index (χ0) is 14.1. The number of para-hydroxylation sites is 2. The van der Waals surface area contributed by atoms with E-state index < -0.39 is 11.6 Å². The van der Waals surface area contributed by atoms with E-state index in [1.54, 1.807) is 6.07 Å². The molecule has 3 nitrogen and oxygen atoms in total. The molecule has 5 heteroatoms. The number of halogens is 2. The molecule has 0 aliphatic rings. The Morgan fingerprint density at radius 1 is 1.10 bits per heavy atom. The average molecular weight is 273 g/mol. The maximum Gasteiger partial charge on any atom is 0.203 e. The number of benzene rings is 2. The molecule has 0 bridgehead atoms.